The molecule has 0 saturated carbocycles. The van der Waals surface area contributed by atoms with E-state index >= 15 is 0 Å². The summed E-state index contributed by atoms with van der Waals surface area (Å²) in [6, 6.07) is 0. The van der Waals surface area contributed by atoms with Crippen molar-refractivity contribution in [2.24, 2.45) is 11.8 Å². The van der Waals surface area contributed by atoms with E-state index in [-0.39, 0.29) is 0 Å². The van der Waals surface area contributed by atoms with Gasteiger partial charge in [-0.25, -0.2) is 4.68 Å². The molecule has 5 nitrogen and oxygen atoms in total. The van der Waals surface area contributed by atoms with Gasteiger partial charge in [0.2, 0.25) is 0 Å². The second-order valence-electron chi connectivity index (χ2n) is 6.36. The van der Waals surface area contributed by atoms with E-state index < -0.39 is 0 Å². The van der Waals surface area contributed by atoms with Gasteiger partial charge in [0.05, 0.1) is 26.0 Å². The fourth-order valence-electron chi connectivity index (χ4n) is 1.86. The molecule has 5 heteroatoms. The summed E-state index contributed by atoms with van der Waals surface area (Å²) in [5.74, 6) is 1.43. The van der Waals surface area contributed by atoms with Crippen molar-refractivity contribution in [3.05, 3.63) is 11.9 Å². The summed E-state index contributed by atoms with van der Waals surface area (Å²) in [6.07, 6.45) is 5.37. The van der Waals surface area contributed by atoms with Crippen LogP contribution in [0.3, 0.4) is 0 Å². The number of nitrogens with zero attached hydrogens (tertiary/aromatic N) is 3. The zero-order chi connectivity index (χ0) is 15.5. The Morgan fingerprint density at radius 2 is 1.76 bits per heavy atom. The maximum Gasteiger partial charge on any atom is 0.108 e. The molecule has 0 fully saturated rings. The fraction of sp³-hybridized carbons (Fsp3) is 0.875. The van der Waals surface area contributed by atoms with Crippen LogP contribution < -0.4 is 0 Å². The minimum atomic E-state index is 0.544. The smallest absolute Gasteiger partial charge is 0.108 e. The van der Waals surface area contributed by atoms with Gasteiger partial charge in [-0.1, -0.05) is 32.9 Å². The molecule has 0 bridgehead atoms. The average Bonchev–Trinajstić information content (AvgIpc) is 2.86. The number of hydrogen-bond acceptors (Lipinski definition) is 4. The van der Waals surface area contributed by atoms with Crippen molar-refractivity contribution in [1.29, 1.82) is 0 Å². The molecule has 0 radical (unpaired) electrons. The van der Waals surface area contributed by atoms with Crippen LogP contribution in [0.15, 0.2) is 6.20 Å². The van der Waals surface area contributed by atoms with Crippen LogP contribution in [0.5, 0.6) is 0 Å². The van der Waals surface area contributed by atoms with Crippen molar-refractivity contribution in [2.45, 2.75) is 60.1 Å². The molecule has 0 aliphatic heterocycles. The fourth-order valence-corrected chi connectivity index (χ4v) is 1.86. The lowest BCUT2D eigenvalue weighted by Crippen LogP contribution is -2.07. The molecule has 0 saturated heterocycles. The van der Waals surface area contributed by atoms with Crippen LogP contribution in [-0.2, 0) is 22.6 Å². The second kappa shape index (κ2) is 10.7. The van der Waals surface area contributed by atoms with Crippen molar-refractivity contribution in [3.63, 3.8) is 0 Å². The Morgan fingerprint density at radius 1 is 1.00 bits per heavy atom. The Hall–Kier alpha value is -0.940. The van der Waals surface area contributed by atoms with Crippen LogP contribution in [0.25, 0.3) is 0 Å². The van der Waals surface area contributed by atoms with Crippen molar-refractivity contribution in [2.75, 3.05) is 19.8 Å². The molecule has 1 aromatic heterocycles. The first kappa shape index (κ1) is 18.1. The zero-order valence-electron chi connectivity index (χ0n) is 14.0. The first-order valence-corrected chi connectivity index (χ1v) is 8.12. The predicted molar refractivity (Wildman–Crippen MR) is 84.0 cm³/mol. The highest BCUT2D eigenvalue weighted by Gasteiger charge is 2.02. The van der Waals surface area contributed by atoms with E-state index in [2.05, 4.69) is 38.0 Å². The minimum Gasteiger partial charge on any atom is -0.380 e. The summed E-state index contributed by atoms with van der Waals surface area (Å²) in [4.78, 5) is 0. The second-order valence-corrected chi connectivity index (χ2v) is 6.36. The van der Waals surface area contributed by atoms with E-state index in [4.69, 9.17) is 9.47 Å². The van der Waals surface area contributed by atoms with Gasteiger partial charge >= 0.3 is 0 Å². The summed E-state index contributed by atoms with van der Waals surface area (Å²) in [5, 5.41) is 8.19. The van der Waals surface area contributed by atoms with E-state index in [1.54, 1.807) is 0 Å². The van der Waals surface area contributed by atoms with Crippen molar-refractivity contribution in [3.8, 4) is 0 Å². The largest absolute Gasteiger partial charge is 0.380 e. The van der Waals surface area contributed by atoms with Gasteiger partial charge in [-0.3, -0.25) is 0 Å². The van der Waals surface area contributed by atoms with Crippen molar-refractivity contribution >= 4 is 0 Å². The van der Waals surface area contributed by atoms with Gasteiger partial charge < -0.3 is 9.47 Å². The molecule has 0 aromatic carbocycles. The molecule has 0 atom stereocenters. The normalized spacial score (nSPS) is 11.7. The lowest BCUT2D eigenvalue weighted by atomic mass is 10.1. The van der Waals surface area contributed by atoms with Gasteiger partial charge in [0.25, 0.3) is 0 Å². The third-order valence-corrected chi connectivity index (χ3v) is 3.21. The number of aromatic nitrogens is 3. The summed E-state index contributed by atoms with van der Waals surface area (Å²) in [6.45, 7) is 12.5. The molecule has 0 aliphatic rings. The Balaban J connectivity index is 2.06. The molecular weight excluding hydrogens is 266 g/mol. The molecule has 1 aromatic rings. The highest BCUT2D eigenvalue weighted by atomic mass is 16.5. The van der Waals surface area contributed by atoms with Crippen LogP contribution >= 0.6 is 0 Å². The van der Waals surface area contributed by atoms with Crippen LogP contribution in [0.4, 0.5) is 0 Å². The summed E-state index contributed by atoms with van der Waals surface area (Å²) >= 11 is 0. The molecule has 122 valence electrons. The first-order chi connectivity index (χ1) is 10.1. The van der Waals surface area contributed by atoms with E-state index in [1.165, 1.54) is 6.42 Å². The highest BCUT2D eigenvalue weighted by Crippen LogP contribution is 2.04. The standard InChI is InChI=1S/C16H31N3O2/c1-14(2)6-5-9-20-11-8-19-12-16(17-18-19)13-21-10-7-15(3)4/h12,14-15H,5-11,13H2,1-4H3. The van der Waals surface area contributed by atoms with Gasteiger partial charge in [-0.15, -0.1) is 5.10 Å². The molecule has 1 rings (SSSR count). The molecule has 21 heavy (non-hydrogen) atoms. The first-order valence-electron chi connectivity index (χ1n) is 8.12. The Bertz CT molecular complexity index is 364. The van der Waals surface area contributed by atoms with Gasteiger partial charge in [0, 0.05) is 13.2 Å². The third-order valence-electron chi connectivity index (χ3n) is 3.21. The molecule has 0 amide bonds. The van der Waals surface area contributed by atoms with Crippen LogP contribution in [0.2, 0.25) is 0 Å². The van der Waals surface area contributed by atoms with Gasteiger partial charge in [0.15, 0.2) is 0 Å². The average molecular weight is 297 g/mol. The van der Waals surface area contributed by atoms with Crippen molar-refractivity contribution in [1.82, 2.24) is 15.0 Å². The monoisotopic (exact) mass is 297 g/mol. The Kier molecular flexibility index (Phi) is 9.26. The van der Waals surface area contributed by atoms with Gasteiger partial charge in [-0.05, 0) is 31.1 Å². The quantitative estimate of drug-likeness (QED) is 0.555. The molecule has 0 unspecified atom stereocenters. The minimum absolute atomic E-state index is 0.544. The van der Waals surface area contributed by atoms with Crippen molar-refractivity contribution < 1.29 is 9.47 Å². The van der Waals surface area contributed by atoms with Crippen LogP contribution in [-0.4, -0.2) is 34.8 Å². The topological polar surface area (TPSA) is 49.2 Å². The SMILES string of the molecule is CC(C)CCCOCCn1cc(COCCC(C)C)nn1. The van der Waals surface area contributed by atoms with E-state index in [0.29, 0.717) is 19.1 Å². The van der Waals surface area contributed by atoms with E-state index in [0.717, 1.165) is 44.2 Å². The Morgan fingerprint density at radius 3 is 2.48 bits per heavy atom. The highest BCUT2D eigenvalue weighted by molar-refractivity contribution is 4.89. The van der Waals surface area contributed by atoms with Gasteiger partial charge in [0.1, 0.15) is 5.69 Å². The lowest BCUT2D eigenvalue weighted by Gasteiger charge is -2.06. The van der Waals surface area contributed by atoms with E-state index in [1.807, 2.05) is 10.9 Å². The summed E-state index contributed by atoms with van der Waals surface area (Å²) < 4.78 is 13.0. The van der Waals surface area contributed by atoms with Crippen LogP contribution in [0, 0.1) is 11.8 Å². The Labute approximate surface area is 129 Å². The number of rotatable bonds is 12. The number of ether oxygens (including phenoxy) is 2. The van der Waals surface area contributed by atoms with Gasteiger partial charge in [-0.2, -0.15) is 0 Å². The molecule has 0 spiro atoms. The molecule has 1 heterocycles. The number of hydrogen-bond donors (Lipinski definition) is 0. The molecular formula is C16H31N3O2. The summed E-state index contributed by atoms with van der Waals surface area (Å²) in [5.41, 5.74) is 0.888. The lowest BCUT2D eigenvalue weighted by molar-refractivity contribution is 0.108. The third kappa shape index (κ3) is 9.58. The summed E-state index contributed by atoms with van der Waals surface area (Å²) in [7, 11) is 0. The molecule has 0 N–H and O–H groups in total. The van der Waals surface area contributed by atoms with Crippen LogP contribution in [0.1, 0.15) is 52.7 Å². The maximum atomic E-state index is 5.60. The van der Waals surface area contributed by atoms with E-state index in [9.17, 15) is 0 Å². The maximum absolute atomic E-state index is 5.60. The zero-order valence-corrected chi connectivity index (χ0v) is 14.0. The molecule has 0 aliphatic carbocycles. The predicted octanol–water partition coefficient (Wildman–Crippen LogP) is 3.29.